The van der Waals surface area contributed by atoms with Crippen molar-refractivity contribution in [1.82, 2.24) is 9.88 Å². The summed E-state index contributed by atoms with van der Waals surface area (Å²) >= 11 is 0. The third kappa shape index (κ3) is 1.83. The normalized spacial score (nSPS) is 17.1. The number of aromatic nitrogens is 1. The SMILES string of the molecule is CN1CC(Nc2ccnc(C#N)c2)C1. The van der Waals surface area contributed by atoms with Gasteiger partial charge in [0.1, 0.15) is 11.8 Å². The topological polar surface area (TPSA) is 52.0 Å². The Hall–Kier alpha value is -1.60. The molecule has 0 saturated carbocycles. The number of nitriles is 1. The Kier molecular flexibility index (Phi) is 2.33. The van der Waals surface area contributed by atoms with Crippen LogP contribution in [-0.2, 0) is 0 Å². The molecule has 1 saturated heterocycles. The van der Waals surface area contributed by atoms with E-state index in [1.807, 2.05) is 12.1 Å². The van der Waals surface area contributed by atoms with Gasteiger partial charge in [0.2, 0.25) is 0 Å². The Morgan fingerprint density at radius 3 is 3.07 bits per heavy atom. The molecule has 0 radical (unpaired) electrons. The molecule has 0 unspecified atom stereocenters. The fourth-order valence-electron chi connectivity index (χ4n) is 1.61. The van der Waals surface area contributed by atoms with Crippen LogP contribution in [-0.4, -0.2) is 36.1 Å². The molecule has 1 aliphatic rings. The molecular weight excluding hydrogens is 176 g/mol. The van der Waals surface area contributed by atoms with E-state index < -0.39 is 0 Å². The Morgan fingerprint density at radius 2 is 2.43 bits per heavy atom. The van der Waals surface area contributed by atoms with Crippen molar-refractivity contribution in [1.29, 1.82) is 5.26 Å². The monoisotopic (exact) mass is 188 g/mol. The number of likely N-dealkylation sites (tertiary alicyclic amines) is 1. The molecular formula is C10H12N4. The predicted molar refractivity (Wildman–Crippen MR) is 53.9 cm³/mol. The maximum absolute atomic E-state index is 8.66. The van der Waals surface area contributed by atoms with E-state index in [1.54, 1.807) is 12.3 Å². The van der Waals surface area contributed by atoms with Gasteiger partial charge in [0.15, 0.2) is 0 Å². The van der Waals surface area contributed by atoms with Gasteiger partial charge in [-0.3, -0.25) is 0 Å². The first-order valence-corrected chi connectivity index (χ1v) is 4.59. The Balaban J connectivity index is 2.00. The Labute approximate surface area is 83.2 Å². The molecule has 0 bridgehead atoms. The van der Waals surface area contributed by atoms with E-state index in [1.165, 1.54) is 0 Å². The van der Waals surface area contributed by atoms with Crippen molar-refractivity contribution >= 4 is 5.69 Å². The molecule has 14 heavy (non-hydrogen) atoms. The molecule has 0 aliphatic carbocycles. The summed E-state index contributed by atoms with van der Waals surface area (Å²) in [6.45, 7) is 2.12. The third-order valence-electron chi connectivity index (χ3n) is 2.31. The lowest BCUT2D eigenvalue weighted by Gasteiger charge is -2.37. The van der Waals surface area contributed by atoms with Crippen LogP contribution in [0.4, 0.5) is 5.69 Å². The molecule has 1 aliphatic heterocycles. The maximum Gasteiger partial charge on any atom is 0.142 e. The first-order chi connectivity index (χ1) is 6.78. The molecule has 1 fully saturated rings. The number of hydrogen-bond donors (Lipinski definition) is 1. The van der Waals surface area contributed by atoms with Gasteiger partial charge in [0, 0.05) is 25.0 Å². The smallest absolute Gasteiger partial charge is 0.142 e. The fourth-order valence-corrected chi connectivity index (χ4v) is 1.61. The van der Waals surface area contributed by atoms with Gasteiger partial charge in [0.05, 0.1) is 6.04 Å². The van der Waals surface area contributed by atoms with Crippen molar-refractivity contribution in [2.24, 2.45) is 0 Å². The lowest BCUT2D eigenvalue weighted by molar-refractivity contribution is 0.205. The lowest BCUT2D eigenvalue weighted by Crippen LogP contribution is -2.52. The van der Waals surface area contributed by atoms with Crippen LogP contribution in [0.5, 0.6) is 0 Å². The number of nitrogens with zero attached hydrogens (tertiary/aromatic N) is 3. The van der Waals surface area contributed by atoms with Crippen LogP contribution in [0.25, 0.3) is 0 Å². The van der Waals surface area contributed by atoms with Crippen molar-refractivity contribution in [2.45, 2.75) is 6.04 Å². The fraction of sp³-hybridized carbons (Fsp3) is 0.400. The number of pyridine rings is 1. The molecule has 4 heteroatoms. The van der Waals surface area contributed by atoms with Crippen molar-refractivity contribution in [3.05, 3.63) is 24.0 Å². The summed E-state index contributed by atoms with van der Waals surface area (Å²) in [6.07, 6.45) is 1.66. The van der Waals surface area contributed by atoms with Crippen LogP contribution in [0.1, 0.15) is 5.69 Å². The average molecular weight is 188 g/mol. The van der Waals surface area contributed by atoms with Crippen LogP contribution in [0.15, 0.2) is 18.3 Å². The van der Waals surface area contributed by atoms with Crippen LogP contribution in [0.3, 0.4) is 0 Å². The summed E-state index contributed by atoms with van der Waals surface area (Å²) in [6, 6.07) is 6.20. The molecule has 0 spiro atoms. The standard InChI is InChI=1S/C10H12N4/c1-14-6-10(7-14)13-8-2-3-12-9(4-8)5-11/h2-4,10H,6-7H2,1H3,(H,12,13). The van der Waals surface area contributed by atoms with Gasteiger partial charge in [-0.25, -0.2) is 4.98 Å². The highest BCUT2D eigenvalue weighted by atomic mass is 15.2. The molecule has 0 aromatic carbocycles. The molecule has 4 nitrogen and oxygen atoms in total. The first kappa shape index (κ1) is 8.97. The van der Waals surface area contributed by atoms with Crippen LogP contribution in [0, 0.1) is 11.3 Å². The highest BCUT2D eigenvalue weighted by molar-refractivity contribution is 5.47. The van der Waals surface area contributed by atoms with E-state index in [2.05, 4.69) is 22.2 Å². The number of rotatable bonds is 2. The second-order valence-corrected chi connectivity index (χ2v) is 3.60. The molecule has 0 atom stereocenters. The molecule has 1 aromatic rings. The van der Waals surface area contributed by atoms with E-state index in [0.717, 1.165) is 18.8 Å². The number of nitrogens with one attached hydrogen (secondary N) is 1. The van der Waals surface area contributed by atoms with Crippen LogP contribution in [0.2, 0.25) is 0 Å². The van der Waals surface area contributed by atoms with Gasteiger partial charge >= 0.3 is 0 Å². The molecule has 0 amide bonds. The summed E-state index contributed by atoms with van der Waals surface area (Å²) in [5.41, 5.74) is 1.44. The van der Waals surface area contributed by atoms with Gasteiger partial charge in [0.25, 0.3) is 0 Å². The van der Waals surface area contributed by atoms with Crippen LogP contribution < -0.4 is 5.32 Å². The largest absolute Gasteiger partial charge is 0.380 e. The van der Waals surface area contributed by atoms with Gasteiger partial charge in [-0.15, -0.1) is 0 Å². The molecule has 72 valence electrons. The van der Waals surface area contributed by atoms with Gasteiger partial charge in [-0.2, -0.15) is 5.26 Å². The molecule has 2 rings (SSSR count). The second-order valence-electron chi connectivity index (χ2n) is 3.60. The lowest BCUT2D eigenvalue weighted by atomic mass is 10.1. The van der Waals surface area contributed by atoms with Crippen molar-refractivity contribution in [3.8, 4) is 6.07 Å². The number of hydrogen-bond acceptors (Lipinski definition) is 4. The zero-order valence-electron chi connectivity index (χ0n) is 8.07. The number of likely N-dealkylation sites (N-methyl/N-ethyl adjacent to an activating group) is 1. The van der Waals surface area contributed by atoms with Gasteiger partial charge in [-0.05, 0) is 19.2 Å². The first-order valence-electron chi connectivity index (χ1n) is 4.59. The third-order valence-corrected chi connectivity index (χ3v) is 2.31. The summed E-state index contributed by atoms with van der Waals surface area (Å²) in [7, 11) is 2.09. The Morgan fingerprint density at radius 1 is 1.64 bits per heavy atom. The summed E-state index contributed by atoms with van der Waals surface area (Å²) < 4.78 is 0. The van der Waals surface area contributed by atoms with Crippen molar-refractivity contribution < 1.29 is 0 Å². The molecule has 2 heterocycles. The summed E-state index contributed by atoms with van der Waals surface area (Å²) in [5.74, 6) is 0. The van der Waals surface area contributed by atoms with Gasteiger partial charge in [-0.1, -0.05) is 0 Å². The van der Waals surface area contributed by atoms with Crippen molar-refractivity contribution in [2.75, 3.05) is 25.5 Å². The highest BCUT2D eigenvalue weighted by Crippen LogP contribution is 2.13. The highest BCUT2D eigenvalue weighted by Gasteiger charge is 2.22. The minimum Gasteiger partial charge on any atom is -0.380 e. The van der Waals surface area contributed by atoms with E-state index in [4.69, 9.17) is 5.26 Å². The minimum absolute atomic E-state index is 0.461. The summed E-state index contributed by atoms with van der Waals surface area (Å²) in [5, 5.41) is 12.0. The second kappa shape index (κ2) is 3.64. The quantitative estimate of drug-likeness (QED) is 0.741. The maximum atomic E-state index is 8.66. The van der Waals surface area contributed by atoms with Gasteiger partial charge < -0.3 is 10.2 Å². The van der Waals surface area contributed by atoms with Crippen molar-refractivity contribution in [3.63, 3.8) is 0 Å². The summed E-state index contributed by atoms with van der Waals surface area (Å²) in [4.78, 5) is 6.15. The molecule has 1 N–H and O–H groups in total. The van der Waals surface area contributed by atoms with E-state index >= 15 is 0 Å². The van der Waals surface area contributed by atoms with E-state index in [9.17, 15) is 0 Å². The minimum atomic E-state index is 0.461. The van der Waals surface area contributed by atoms with E-state index in [0.29, 0.717) is 11.7 Å². The molecule has 1 aromatic heterocycles. The predicted octanol–water partition coefficient (Wildman–Crippen LogP) is 0.679. The zero-order chi connectivity index (χ0) is 9.97. The zero-order valence-corrected chi connectivity index (χ0v) is 8.07. The average Bonchev–Trinajstić information content (AvgIpc) is 2.16. The van der Waals surface area contributed by atoms with Crippen LogP contribution >= 0.6 is 0 Å². The Bertz CT molecular complexity index is 363. The number of anilines is 1. The van der Waals surface area contributed by atoms with E-state index in [-0.39, 0.29) is 0 Å².